The summed E-state index contributed by atoms with van der Waals surface area (Å²) in [7, 11) is 0. The van der Waals surface area contributed by atoms with Crippen LogP contribution in [0.5, 0.6) is 5.75 Å². The van der Waals surface area contributed by atoms with Gasteiger partial charge in [-0.3, -0.25) is 4.98 Å². The van der Waals surface area contributed by atoms with Crippen LogP contribution in [0.1, 0.15) is 31.0 Å². The van der Waals surface area contributed by atoms with Crippen LogP contribution in [0.2, 0.25) is 0 Å². The molecule has 4 nitrogen and oxygen atoms in total. The van der Waals surface area contributed by atoms with Gasteiger partial charge in [0.1, 0.15) is 12.4 Å². The maximum Gasteiger partial charge on any atom is 0.128 e. The predicted octanol–water partition coefficient (Wildman–Crippen LogP) is 2.08. The van der Waals surface area contributed by atoms with E-state index in [1.807, 2.05) is 13.0 Å². The molecule has 0 unspecified atom stereocenters. The number of aromatic nitrogens is 1. The monoisotopic (exact) mass is 239 g/mol. The lowest BCUT2D eigenvalue weighted by atomic mass is 10.2. The van der Waals surface area contributed by atoms with Crippen LogP contribution in [0.4, 0.5) is 0 Å². The Kier molecular flexibility index (Phi) is 6.58. The van der Waals surface area contributed by atoms with Gasteiger partial charge in [0, 0.05) is 30.1 Å². The second-order valence-corrected chi connectivity index (χ2v) is 3.91. The Hall–Kier alpha value is -1.13. The van der Waals surface area contributed by atoms with Gasteiger partial charge in [0.2, 0.25) is 0 Å². The highest BCUT2D eigenvalue weighted by molar-refractivity contribution is 5.32. The molecule has 0 aliphatic carbocycles. The van der Waals surface area contributed by atoms with Crippen LogP contribution in [0.25, 0.3) is 0 Å². The average Bonchev–Trinajstić information content (AvgIpc) is 2.34. The van der Waals surface area contributed by atoms with E-state index in [2.05, 4.69) is 11.9 Å². The molecule has 0 atom stereocenters. The van der Waals surface area contributed by atoms with Crippen molar-refractivity contribution in [2.24, 2.45) is 0 Å². The Labute approximate surface area is 103 Å². The number of hydrogen-bond donors (Lipinski definition) is 1. The molecule has 0 saturated carbocycles. The number of ether oxygens (including phenoxy) is 2. The number of unbranched alkanes of at least 4 members (excludes halogenated alkanes) is 1. The minimum atomic E-state index is -0.0562. The Bertz CT molecular complexity index is 328. The van der Waals surface area contributed by atoms with E-state index < -0.39 is 0 Å². The van der Waals surface area contributed by atoms with E-state index in [0.717, 1.165) is 25.1 Å². The summed E-state index contributed by atoms with van der Waals surface area (Å²) < 4.78 is 11.0. The van der Waals surface area contributed by atoms with E-state index in [1.54, 1.807) is 6.20 Å². The lowest BCUT2D eigenvalue weighted by Crippen LogP contribution is -2.09. The van der Waals surface area contributed by atoms with E-state index >= 15 is 0 Å². The van der Waals surface area contributed by atoms with Crippen LogP contribution >= 0.6 is 0 Å². The van der Waals surface area contributed by atoms with Crippen molar-refractivity contribution < 1.29 is 14.6 Å². The highest BCUT2D eigenvalue weighted by atomic mass is 16.5. The summed E-state index contributed by atoms with van der Waals surface area (Å²) in [4.78, 5) is 4.11. The Morgan fingerprint density at radius 1 is 1.29 bits per heavy atom. The zero-order valence-electron chi connectivity index (χ0n) is 10.6. The number of nitrogens with zero attached hydrogens (tertiary/aromatic N) is 1. The fourth-order valence-electron chi connectivity index (χ4n) is 1.38. The Morgan fingerprint density at radius 3 is 2.82 bits per heavy atom. The molecular weight excluding hydrogens is 218 g/mol. The first kappa shape index (κ1) is 13.9. The predicted molar refractivity (Wildman–Crippen MR) is 66.1 cm³/mol. The highest BCUT2D eigenvalue weighted by Crippen LogP contribution is 2.18. The van der Waals surface area contributed by atoms with Crippen molar-refractivity contribution in [2.45, 2.75) is 33.3 Å². The molecule has 4 heteroatoms. The van der Waals surface area contributed by atoms with Gasteiger partial charge in [0.05, 0.1) is 13.2 Å². The summed E-state index contributed by atoms with van der Waals surface area (Å²) in [5.74, 6) is 0.694. The molecule has 1 N–H and O–H groups in total. The fourth-order valence-corrected chi connectivity index (χ4v) is 1.38. The van der Waals surface area contributed by atoms with Gasteiger partial charge in [-0.15, -0.1) is 0 Å². The fraction of sp³-hybridized carbons (Fsp3) is 0.615. The molecule has 1 aromatic rings. The minimum Gasteiger partial charge on any atom is -0.491 e. The van der Waals surface area contributed by atoms with Crippen LogP contribution < -0.4 is 4.74 Å². The summed E-state index contributed by atoms with van der Waals surface area (Å²) in [6.45, 7) is 5.83. The summed E-state index contributed by atoms with van der Waals surface area (Å²) in [6.07, 6.45) is 3.86. The second-order valence-electron chi connectivity index (χ2n) is 3.91. The van der Waals surface area contributed by atoms with Crippen LogP contribution in [0, 0.1) is 6.92 Å². The standard InChI is InChI=1S/C13H21NO3/c1-3-4-5-16-6-7-17-13-8-11(2)14-9-12(13)10-15/h8-9,15H,3-7,10H2,1-2H3. The molecule has 0 aliphatic rings. The molecule has 1 aromatic heterocycles. The van der Waals surface area contributed by atoms with Gasteiger partial charge in [-0.05, 0) is 13.3 Å². The molecule has 0 fully saturated rings. The lowest BCUT2D eigenvalue weighted by molar-refractivity contribution is 0.0970. The van der Waals surface area contributed by atoms with Crippen LogP contribution in [0.3, 0.4) is 0 Å². The molecular formula is C13H21NO3. The maximum absolute atomic E-state index is 9.13. The van der Waals surface area contributed by atoms with E-state index in [0.29, 0.717) is 24.5 Å². The molecule has 96 valence electrons. The molecule has 0 radical (unpaired) electrons. The molecule has 0 aliphatic heterocycles. The topological polar surface area (TPSA) is 51.6 Å². The SMILES string of the molecule is CCCCOCCOc1cc(C)ncc1CO. The van der Waals surface area contributed by atoms with Gasteiger partial charge in [0.15, 0.2) is 0 Å². The Morgan fingerprint density at radius 2 is 2.12 bits per heavy atom. The molecule has 1 rings (SSSR count). The van der Waals surface area contributed by atoms with E-state index in [1.165, 1.54) is 0 Å². The lowest BCUT2D eigenvalue weighted by Gasteiger charge is -2.10. The van der Waals surface area contributed by atoms with Crippen molar-refractivity contribution in [3.63, 3.8) is 0 Å². The van der Waals surface area contributed by atoms with Gasteiger partial charge in [-0.2, -0.15) is 0 Å². The summed E-state index contributed by atoms with van der Waals surface area (Å²) >= 11 is 0. The van der Waals surface area contributed by atoms with Crippen LogP contribution in [-0.4, -0.2) is 29.9 Å². The number of hydrogen-bond acceptors (Lipinski definition) is 4. The summed E-state index contributed by atoms with van der Waals surface area (Å²) in [5, 5.41) is 9.13. The van der Waals surface area contributed by atoms with E-state index in [-0.39, 0.29) is 6.61 Å². The van der Waals surface area contributed by atoms with Crippen molar-refractivity contribution in [3.05, 3.63) is 23.5 Å². The van der Waals surface area contributed by atoms with Gasteiger partial charge >= 0.3 is 0 Å². The third-order valence-electron chi connectivity index (χ3n) is 2.38. The van der Waals surface area contributed by atoms with Crippen molar-refractivity contribution in [1.29, 1.82) is 0 Å². The number of rotatable bonds is 8. The first-order valence-corrected chi connectivity index (χ1v) is 6.04. The molecule has 0 bridgehead atoms. The van der Waals surface area contributed by atoms with Crippen molar-refractivity contribution >= 4 is 0 Å². The van der Waals surface area contributed by atoms with Gasteiger partial charge in [-0.1, -0.05) is 13.3 Å². The Balaban J connectivity index is 2.32. The molecule has 1 heterocycles. The zero-order chi connectivity index (χ0) is 12.5. The summed E-state index contributed by atoms with van der Waals surface area (Å²) in [6, 6.07) is 1.83. The second kappa shape index (κ2) is 8.03. The molecule has 0 aromatic carbocycles. The van der Waals surface area contributed by atoms with E-state index in [9.17, 15) is 0 Å². The first-order valence-electron chi connectivity index (χ1n) is 6.04. The third-order valence-corrected chi connectivity index (χ3v) is 2.38. The quantitative estimate of drug-likeness (QED) is 0.706. The molecule has 0 amide bonds. The van der Waals surface area contributed by atoms with Gasteiger partial charge < -0.3 is 14.6 Å². The smallest absolute Gasteiger partial charge is 0.128 e. The van der Waals surface area contributed by atoms with E-state index in [4.69, 9.17) is 14.6 Å². The minimum absolute atomic E-state index is 0.0562. The van der Waals surface area contributed by atoms with Crippen LogP contribution in [0.15, 0.2) is 12.3 Å². The van der Waals surface area contributed by atoms with Crippen molar-refractivity contribution in [2.75, 3.05) is 19.8 Å². The zero-order valence-corrected chi connectivity index (χ0v) is 10.6. The molecule has 0 spiro atoms. The van der Waals surface area contributed by atoms with Crippen LogP contribution in [-0.2, 0) is 11.3 Å². The summed E-state index contributed by atoms with van der Waals surface area (Å²) in [5.41, 5.74) is 1.59. The van der Waals surface area contributed by atoms with Gasteiger partial charge in [0.25, 0.3) is 0 Å². The number of aliphatic hydroxyl groups excluding tert-OH is 1. The average molecular weight is 239 g/mol. The van der Waals surface area contributed by atoms with Crippen molar-refractivity contribution in [1.82, 2.24) is 4.98 Å². The van der Waals surface area contributed by atoms with Crippen molar-refractivity contribution in [3.8, 4) is 5.75 Å². The first-order chi connectivity index (χ1) is 8.27. The van der Waals surface area contributed by atoms with Gasteiger partial charge in [-0.25, -0.2) is 0 Å². The highest BCUT2D eigenvalue weighted by Gasteiger charge is 2.03. The normalized spacial score (nSPS) is 10.5. The molecule has 17 heavy (non-hydrogen) atoms. The number of aliphatic hydroxyl groups is 1. The molecule has 0 saturated heterocycles. The third kappa shape index (κ3) is 5.15. The number of pyridine rings is 1. The number of aryl methyl sites for hydroxylation is 1. The maximum atomic E-state index is 9.13. The largest absolute Gasteiger partial charge is 0.491 e.